The number of hydrogen-bond donors (Lipinski definition) is 3. The lowest BCUT2D eigenvalue weighted by Crippen LogP contribution is -2.15. The van der Waals surface area contributed by atoms with E-state index in [1.165, 1.54) is 7.11 Å². The molecule has 0 radical (unpaired) electrons. The number of nitrogens with one attached hydrogen (secondary N) is 3. The molecule has 0 saturated heterocycles. The normalized spacial score (nSPS) is 19.7. The number of ether oxygens (including phenoxy) is 1. The van der Waals surface area contributed by atoms with E-state index >= 15 is 0 Å². The zero-order valence-electron chi connectivity index (χ0n) is 15.8. The van der Waals surface area contributed by atoms with Crippen LogP contribution in [0.15, 0.2) is 24.0 Å². The molecule has 1 amide bonds. The molecule has 2 heterocycles. The number of methoxy groups -OCH3 is 1. The van der Waals surface area contributed by atoms with Crippen molar-refractivity contribution in [3.63, 3.8) is 0 Å². The van der Waals surface area contributed by atoms with Crippen LogP contribution in [0.2, 0.25) is 5.82 Å². The van der Waals surface area contributed by atoms with Crippen molar-refractivity contribution in [1.82, 2.24) is 14.9 Å². The molecule has 1 aliphatic rings. The number of fused-ring (bicyclic) bond motifs is 1. The van der Waals surface area contributed by atoms with Crippen LogP contribution < -0.4 is 10.6 Å². The number of anilines is 1. The van der Waals surface area contributed by atoms with E-state index in [2.05, 4.69) is 23.5 Å². The maximum Gasteiger partial charge on any atom is 0.228 e. The van der Waals surface area contributed by atoms with Crippen LogP contribution in [-0.4, -0.2) is 43.4 Å². The molecule has 8 heteroatoms. The van der Waals surface area contributed by atoms with Crippen molar-refractivity contribution >= 4 is 41.9 Å². The van der Waals surface area contributed by atoms with Gasteiger partial charge in [-0.3, -0.25) is 10.2 Å². The summed E-state index contributed by atoms with van der Waals surface area (Å²) in [6.07, 6.45) is 2.69. The first kappa shape index (κ1) is 18.0. The Balaban J connectivity index is 1.99. The Hall–Kier alpha value is -2.77. The van der Waals surface area contributed by atoms with Crippen LogP contribution in [0.25, 0.3) is 16.5 Å². The molecule has 0 bridgehead atoms. The smallest absolute Gasteiger partial charge is 0.228 e. The summed E-state index contributed by atoms with van der Waals surface area (Å²) in [7, 11) is 7.30. The van der Waals surface area contributed by atoms with Gasteiger partial charge in [0, 0.05) is 31.1 Å². The molecular weight excluding hydrogens is 329 g/mol. The Labute approximate surface area is 153 Å². The van der Waals surface area contributed by atoms with Gasteiger partial charge in [-0.1, -0.05) is 5.82 Å². The number of aromatic nitrogens is 2. The second-order valence-corrected chi connectivity index (χ2v) is 6.81. The molecule has 1 fully saturated rings. The molecule has 0 aromatic carbocycles. The van der Waals surface area contributed by atoms with Crippen LogP contribution in [-0.2, 0) is 16.6 Å². The number of rotatable bonds is 5. The lowest BCUT2D eigenvalue weighted by molar-refractivity contribution is -0.117. The highest BCUT2D eigenvalue weighted by atomic mass is 16.5. The quantitative estimate of drug-likeness (QED) is 0.432. The minimum Gasteiger partial charge on any atom is -0.481 e. The summed E-state index contributed by atoms with van der Waals surface area (Å²) in [5.74, 6) is 1.24. The SMILES string of the molecule is B[C@H]1C[C@H]1C(=O)Nc1cc2cc(/C(C(=N)OC)=C(\C)NC)n(C)c2cn1. The standard InChI is InChI=1S/C18H24BN5O2/c1-9(21-2)16(17(20)26-4)13-5-10-6-15(22-8-14(10)24(13)3)23-18(25)11-7-12(11)19/h5-6,8,11-12,20-21H,7,19H2,1-4H3,(H,22,23,25)/b16-9-,20-17?/t11-,12+/m1/s1. The van der Waals surface area contributed by atoms with Crippen molar-refractivity contribution < 1.29 is 9.53 Å². The Morgan fingerprint density at radius 3 is 2.73 bits per heavy atom. The zero-order chi connectivity index (χ0) is 19.0. The fourth-order valence-electron chi connectivity index (χ4n) is 3.15. The minimum absolute atomic E-state index is 0.0354. The predicted octanol–water partition coefficient (Wildman–Crippen LogP) is 1.53. The van der Waals surface area contributed by atoms with Gasteiger partial charge >= 0.3 is 0 Å². The predicted molar refractivity (Wildman–Crippen MR) is 106 cm³/mol. The van der Waals surface area contributed by atoms with Crippen molar-refractivity contribution in [2.45, 2.75) is 19.2 Å². The molecule has 2 aromatic heterocycles. The molecule has 0 aliphatic heterocycles. The van der Waals surface area contributed by atoms with E-state index in [0.717, 1.165) is 28.7 Å². The van der Waals surface area contributed by atoms with Gasteiger partial charge in [0.1, 0.15) is 13.7 Å². The van der Waals surface area contributed by atoms with Gasteiger partial charge < -0.3 is 19.9 Å². The maximum atomic E-state index is 12.1. The van der Waals surface area contributed by atoms with Gasteiger partial charge in [-0.05, 0) is 25.5 Å². The molecule has 1 aliphatic carbocycles. The molecule has 7 nitrogen and oxygen atoms in total. The number of amides is 1. The fourth-order valence-corrected chi connectivity index (χ4v) is 3.15. The lowest BCUT2D eigenvalue weighted by atomic mass is 10.0. The van der Waals surface area contributed by atoms with E-state index in [-0.39, 0.29) is 17.7 Å². The van der Waals surface area contributed by atoms with Gasteiger partial charge in [0.15, 0.2) is 0 Å². The molecule has 136 valence electrons. The number of carbonyl (C=O) groups excluding carboxylic acids is 1. The molecule has 2 aromatic rings. The third kappa shape index (κ3) is 3.19. The summed E-state index contributed by atoms with van der Waals surface area (Å²) >= 11 is 0. The van der Waals surface area contributed by atoms with Gasteiger partial charge in [0.05, 0.1) is 30.1 Å². The van der Waals surface area contributed by atoms with Gasteiger partial charge in [0.2, 0.25) is 11.8 Å². The Morgan fingerprint density at radius 1 is 1.46 bits per heavy atom. The van der Waals surface area contributed by atoms with E-state index in [9.17, 15) is 4.79 Å². The molecule has 3 rings (SSSR count). The summed E-state index contributed by atoms with van der Waals surface area (Å²) < 4.78 is 7.13. The number of pyridine rings is 1. The average molecular weight is 353 g/mol. The van der Waals surface area contributed by atoms with Gasteiger partial charge in [0.25, 0.3) is 0 Å². The summed E-state index contributed by atoms with van der Waals surface area (Å²) in [4.78, 5) is 16.5. The molecule has 3 N–H and O–H groups in total. The van der Waals surface area contributed by atoms with E-state index in [4.69, 9.17) is 10.1 Å². The van der Waals surface area contributed by atoms with Crippen molar-refractivity contribution in [2.75, 3.05) is 19.5 Å². The van der Waals surface area contributed by atoms with Gasteiger partial charge in [-0.15, -0.1) is 0 Å². The largest absolute Gasteiger partial charge is 0.481 e. The van der Waals surface area contributed by atoms with Gasteiger partial charge in [-0.2, -0.15) is 0 Å². The lowest BCUT2D eigenvalue weighted by Gasteiger charge is -2.13. The van der Waals surface area contributed by atoms with Crippen LogP contribution >= 0.6 is 0 Å². The number of allylic oxidation sites excluding steroid dienone is 1. The van der Waals surface area contributed by atoms with Crippen LogP contribution in [0.1, 0.15) is 19.0 Å². The van der Waals surface area contributed by atoms with Crippen LogP contribution in [0.5, 0.6) is 0 Å². The monoisotopic (exact) mass is 353 g/mol. The highest BCUT2D eigenvalue weighted by Gasteiger charge is 2.38. The summed E-state index contributed by atoms with van der Waals surface area (Å²) in [5.41, 5.74) is 3.29. The third-order valence-corrected chi connectivity index (χ3v) is 5.06. The Morgan fingerprint density at radius 2 is 2.15 bits per heavy atom. The minimum atomic E-state index is 0.0354. The zero-order valence-corrected chi connectivity index (χ0v) is 15.8. The third-order valence-electron chi connectivity index (χ3n) is 5.06. The first-order valence-electron chi connectivity index (χ1n) is 8.65. The topological polar surface area (TPSA) is 92.0 Å². The molecule has 0 unspecified atom stereocenters. The van der Waals surface area contributed by atoms with Crippen molar-refractivity contribution in [2.24, 2.45) is 13.0 Å². The van der Waals surface area contributed by atoms with E-state index in [0.29, 0.717) is 17.2 Å². The molecule has 2 atom stereocenters. The Bertz CT molecular complexity index is 918. The molecular formula is C18H24BN5O2. The number of aryl methyl sites for hydroxylation is 1. The second-order valence-electron chi connectivity index (χ2n) is 6.81. The van der Waals surface area contributed by atoms with Crippen LogP contribution in [0, 0.1) is 11.3 Å². The second kappa shape index (κ2) is 6.86. The summed E-state index contributed by atoms with van der Waals surface area (Å²) in [6, 6.07) is 3.85. The van der Waals surface area contributed by atoms with Crippen molar-refractivity contribution in [3.05, 3.63) is 29.7 Å². The highest BCUT2D eigenvalue weighted by Crippen LogP contribution is 2.42. The first-order chi connectivity index (χ1) is 12.4. The fraction of sp³-hybridized carbons (Fsp3) is 0.389. The summed E-state index contributed by atoms with van der Waals surface area (Å²) in [5, 5.41) is 15.1. The number of nitrogens with zero attached hydrogens (tertiary/aromatic N) is 2. The first-order valence-corrected chi connectivity index (χ1v) is 8.65. The van der Waals surface area contributed by atoms with Gasteiger partial charge in [-0.25, -0.2) is 4.98 Å². The van der Waals surface area contributed by atoms with Crippen LogP contribution in [0.4, 0.5) is 5.82 Å². The molecule has 26 heavy (non-hydrogen) atoms. The van der Waals surface area contributed by atoms with E-state index in [1.807, 2.05) is 37.7 Å². The number of hydrogen-bond acceptors (Lipinski definition) is 5. The van der Waals surface area contributed by atoms with E-state index < -0.39 is 0 Å². The average Bonchev–Trinajstić information content (AvgIpc) is 3.28. The highest BCUT2D eigenvalue weighted by molar-refractivity contribution is 6.19. The molecule has 0 spiro atoms. The van der Waals surface area contributed by atoms with Crippen molar-refractivity contribution in [1.29, 1.82) is 5.41 Å². The van der Waals surface area contributed by atoms with Crippen LogP contribution in [0.3, 0.4) is 0 Å². The summed E-state index contributed by atoms with van der Waals surface area (Å²) in [6.45, 7) is 1.90. The number of carbonyl (C=O) groups is 1. The Kier molecular flexibility index (Phi) is 4.76. The maximum absolute atomic E-state index is 12.1. The van der Waals surface area contributed by atoms with E-state index in [1.54, 1.807) is 6.20 Å². The molecule has 1 saturated carbocycles. The van der Waals surface area contributed by atoms with Crippen molar-refractivity contribution in [3.8, 4) is 0 Å².